The Hall–Kier alpha value is -3.93. The van der Waals surface area contributed by atoms with E-state index in [4.69, 9.17) is 14.2 Å². The van der Waals surface area contributed by atoms with Crippen LogP contribution < -0.4 is 0 Å². The van der Waals surface area contributed by atoms with Crippen molar-refractivity contribution in [1.82, 2.24) is 0 Å². The third-order valence-electron chi connectivity index (χ3n) is 9.37. The van der Waals surface area contributed by atoms with E-state index in [1.807, 2.05) is 30.4 Å². The SMILES string of the molecule is CC\C=C/C=C\C=C/C=C\CCCCCCCC(=O)OC(COC(=O)C/C=C\C/C=C\C/C=C\CC)COC(=O)CCCCCCCCC/C=C\C/C=C\CCCCC. The summed E-state index contributed by atoms with van der Waals surface area (Å²) in [6.45, 7) is 6.20. The van der Waals surface area contributed by atoms with Crippen molar-refractivity contribution in [3.05, 3.63) is 109 Å². The molecule has 0 rings (SSSR count). The normalized spacial score (nSPS) is 13.1. The lowest BCUT2D eigenvalue weighted by Crippen LogP contribution is -2.30. The quantitative estimate of drug-likeness (QED) is 0.0201. The molecule has 0 bridgehead atoms. The first kappa shape index (κ1) is 55.1. The number of hydrogen-bond acceptors (Lipinski definition) is 6. The van der Waals surface area contributed by atoms with Crippen LogP contribution in [0, 0.1) is 0 Å². The maximum absolute atomic E-state index is 12.7. The summed E-state index contributed by atoms with van der Waals surface area (Å²) in [4.78, 5) is 37.7. The van der Waals surface area contributed by atoms with Crippen molar-refractivity contribution in [2.45, 2.75) is 194 Å². The van der Waals surface area contributed by atoms with Crippen LogP contribution in [0.15, 0.2) is 109 Å². The van der Waals surface area contributed by atoms with E-state index in [-0.39, 0.29) is 38.0 Å². The molecule has 0 aromatic carbocycles. The van der Waals surface area contributed by atoms with E-state index in [0.717, 1.165) is 96.3 Å². The van der Waals surface area contributed by atoms with Gasteiger partial charge in [0.2, 0.25) is 0 Å². The van der Waals surface area contributed by atoms with Crippen molar-refractivity contribution in [3.8, 4) is 0 Å². The largest absolute Gasteiger partial charge is 0.462 e. The first-order valence-electron chi connectivity index (χ1n) is 23.4. The number of hydrogen-bond donors (Lipinski definition) is 0. The average molecular weight is 817 g/mol. The van der Waals surface area contributed by atoms with Crippen molar-refractivity contribution < 1.29 is 28.6 Å². The number of unbranched alkanes of at least 4 members (excludes halogenated alkanes) is 15. The molecular weight excluding hydrogens is 733 g/mol. The van der Waals surface area contributed by atoms with E-state index in [0.29, 0.717) is 6.42 Å². The van der Waals surface area contributed by atoms with Crippen LogP contribution in [-0.4, -0.2) is 37.2 Å². The Bertz CT molecular complexity index is 1260. The Kier molecular flexibility index (Phi) is 43.6. The molecule has 6 nitrogen and oxygen atoms in total. The van der Waals surface area contributed by atoms with E-state index in [1.54, 1.807) is 6.08 Å². The summed E-state index contributed by atoms with van der Waals surface area (Å²) >= 11 is 0. The van der Waals surface area contributed by atoms with Crippen LogP contribution in [0.2, 0.25) is 0 Å². The molecule has 0 aliphatic rings. The fourth-order valence-corrected chi connectivity index (χ4v) is 5.89. The molecule has 332 valence electrons. The molecular formula is C53H84O6. The van der Waals surface area contributed by atoms with Gasteiger partial charge in [-0.3, -0.25) is 14.4 Å². The maximum atomic E-state index is 12.7. The molecule has 0 aliphatic heterocycles. The number of rotatable bonds is 40. The predicted molar refractivity (Wildman–Crippen MR) is 251 cm³/mol. The van der Waals surface area contributed by atoms with Crippen LogP contribution in [0.4, 0.5) is 0 Å². The zero-order valence-electron chi connectivity index (χ0n) is 37.7. The highest BCUT2D eigenvalue weighted by Gasteiger charge is 2.19. The first-order valence-corrected chi connectivity index (χ1v) is 23.4. The lowest BCUT2D eigenvalue weighted by molar-refractivity contribution is -0.166. The standard InChI is InChI=1S/C53H84O6/c1-4-7-10-13-16-19-21-23-25-26-28-29-31-34-37-40-43-46-52(55)58-49-50(48-57-51(54)45-42-39-36-33-18-15-12-9-6-3)59-53(56)47-44-41-38-35-32-30-27-24-22-20-17-14-11-8-5-2/h8-9,11-12,14,16-20,22-25,27,33,39,42,50H,4-7,10,13,15,21,26,28-32,34-38,40-41,43-49H2,1-3H3/b11-8-,12-9-,17-14-,19-16-,22-20-,25-23-,27-24-,33-18-,42-39-. The molecule has 0 aliphatic carbocycles. The molecule has 0 spiro atoms. The van der Waals surface area contributed by atoms with Crippen LogP contribution in [0.25, 0.3) is 0 Å². The molecule has 59 heavy (non-hydrogen) atoms. The molecule has 1 unspecified atom stereocenters. The Balaban J connectivity index is 4.47. The number of allylic oxidation sites excluding steroid dienone is 17. The highest BCUT2D eigenvalue weighted by Crippen LogP contribution is 2.13. The van der Waals surface area contributed by atoms with Crippen molar-refractivity contribution in [1.29, 1.82) is 0 Å². The third kappa shape index (κ3) is 45.0. The Morgan fingerprint density at radius 2 is 0.814 bits per heavy atom. The molecule has 0 fully saturated rings. The molecule has 0 heterocycles. The lowest BCUT2D eigenvalue weighted by atomic mass is 10.1. The van der Waals surface area contributed by atoms with Gasteiger partial charge in [-0.1, -0.05) is 194 Å². The monoisotopic (exact) mass is 817 g/mol. The lowest BCUT2D eigenvalue weighted by Gasteiger charge is -2.18. The van der Waals surface area contributed by atoms with E-state index in [2.05, 4.69) is 93.7 Å². The smallest absolute Gasteiger partial charge is 0.309 e. The van der Waals surface area contributed by atoms with Gasteiger partial charge < -0.3 is 14.2 Å². The molecule has 6 heteroatoms. The minimum atomic E-state index is -0.829. The third-order valence-corrected chi connectivity index (χ3v) is 9.37. The minimum absolute atomic E-state index is 0.121. The van der Waals surface area contributed by atoms with Gasteiger partial charge >= 0.3 is 17.9 Å². The molecule has 0 aromatic rings. The van der Waals surface area contributed by atoms with Crippen LogP contribution in [-0.2, 0) is 28.6 Å². The number of esters is 3. The molecule has 0 aromatic heterocycles. The number of ether oxygens (including phenoxy) is 3. The summed E-state index contributed by atoms with van der Waals surface area (Å²) in [7, 11) is 0. The van der Waals surface area contributed by atoms with Gasteiger partial charge in [-0.15, -0.1) is 0 Å². The van der Waals surface area contributed by atoms with Crippen molar-refractivity contribution in [2.24, 2.45) is 0 Å². The van der Waals surface area contributed by atoms with Gasteiger partial charge in [-0.2, -0.15) is 0 Å². The molecule has 0 N–H and O–H groups in total. The van der Waals surface area contributed by atoms with E-state index < -0.39 is 12.1 Å². The number of carbonyl (C=O) groups excluding carboxylic acids is 3. The summed E-state index contributed by atoms with van der Waals surface area (Å²) in [5, 5.41) is 0. The Morgan fingerprint density at radius 3 is 1.39 bits per heavy atom. The van der Waals surface area contributed by atoms with Gasteiger partial charge in [0, 0.05) is 12.8 Å². The molecule has 0 amide bonds. The van der Waals surface area contributed by atoms with Crippen LogP contribution in [0.3, 0.4) is 0 Å². The van der Waals surface area contributed by atoms with Gasteiger partial charge in [0.1, 0.15) is 13.2 Å². The van der Waals surface area contributed by atoms with Crippen molar-refractivity contribution in [3.63, 3.8) is 0 Å². The van der Waals surface area contributed by atoms with Crippen LogP contribution >= 0.6 is 0 Å². The van der Waals surface area contributed by atoms with Gasteiger partial charge in [0.25, 0.3) is 0 Å². The second kappa shape index (κ2) is 46.8. The predicted octanol–water partition coefficient (Wildman–Crippen LogP) is 15.2. The van der Waals surface area contributed by atoms with E-state index >= 15 is 0 Å². The van der Waals surface area contributed by atoms with Crippen molar-refractivity contribution in [2.75, 3.05) is 13.2 Å². The molecule has 0 saturated carbocycles. The Labute approximate surface area is 361 Å². The first-order chi connectivity index (χ1) is 29.0. The summed E-state index contributed by atoms with van der Waals surface area (Å²) < 4.78 is 16.6. The van der Waals surface area contributed by atoms with E-state index in [1.165, 1.54) is 51.4 Å². The van der Waals surface area contributed by atoms with Gasteiger partial charge in [-0.25, -0.2) is 0 Å². The maximum Gasteiger partial charge on any atom is 0.309 e. The van der Waals surface area contributed by atoms with Crippen LogP contribution in [0.5, 0.6) is 0 Å². The summed E-state index contributed by atoms with van der Waals surface area (Å²) in [5.41, 5.74) is 0. The fraction of sp³-hybridized carbons (Fsp3) is 0.604. The summed E-state index contributed by atoms with van der Waals surface area (Å²) in [5.74, 6) is -1.09. The zero-order chi connectivity index (χ0) is 43.0. The fourth-order valence-electron chi connectivity index (χ4n) is 5.89. The summed E-state index contributed by atoms with van der Waals surface area (Å²) in [6, 6.07) is 0. The highest BCUT2D eigenvalue weighted by molar-refractivity contribution is 5.72. The number of carbonyl (C=O) groups is 3. The van der Waals surface area contributed by atoms with Gasteiger partial charge in [0.05, 0.1) is 6.42 Å². The molecule has 0 saturated heterocycles. The topological polar surface area (TPSA) is 78.9 Å². The second-order valence-corrected chi connectivity index (χ2v) is 15.0. The van der Waals surface area contributed by atoms with Crippen LogP contribution in [0.1, 0.15) is 188 Å². The van der Waals surface area contributed by atoms with Crippen molar-refractivity contribution >= 4 is 17.9 Å². The van der Waals surface area contributed by atoms with Gasteiger partial charge in [0.15, 0.2) is 6.10 Å². The minimum Gasteiger partial charge on any atom is -0.462 e. The highest BCUT2D eigenvalue weighted by atomic mass is 16.6. The molecule has 0 radical (unpaired) electrons. The second-order valence-electron chi connectivity index (χ2n) is 15.0. The summed E-state index contributed by atoms with van der Waals surface area (Å²) in [6.07, 6.45) is 62.4. The molecule has 1 atom stereocenters. The van der Waals surface area contributed by atoms with E-state index in [9.17, 15) is 14.4 Å². The van der Waals surface area contributed by atoms with Gasteiger partial charge in [-0.05, 0) is 83.5 Å². The Morgan fingerprint density at radius 1 is 0.390 bits per heavy atom. The zero-order valence-corrected chi connectivity index (χ0v) is 37.7. The average Bonchev–Trinajstić information content (AvgIpc) is 3.23.